The summed E-state index contributed by atoms with van der Waals surface area (Å²) in [4.78, 5) is 19.6. The minimum atomic E-state index is -0.196. The summed E-state index contributed by atoms with van der Waals surface area (Å²) in [5, 5.41) is 13.9. The van der Waals surface area contributed by atoms with Crippen LogP contribution in [0.2, 0.25) is 0 Å². The molecule has 2 amide bonds. The molecule has 2 N–H and O–H groups in total. The van der Waals surface area contributed by atoms with Crippen molar-refractivity contribution in [3.05, 3.63) is 29.3 Å². The van der Waals surface area contributed by atoms with Crippen LogP contribution in [0.1, 0.15) is 56.0 Å². The molecule has 2 fully saturated rings. The van der Waals surface area contributed by atoms with Gasteiger partial charge in [0.1, 0.15) is 5.01 Å². The zero-order chi connectivity index (χ0) is 17.2. The number of urea groups is 1. The highest BCUT2D eigenvalue weighted by Gasteiger charge is 2.32. The number of benzene rings is 1. The molecular formula is C19H25N3O2S. The number of likely N-dealkylation sites (tertiary alicyclic amines) is 1. The number of hydrogen-bond donors (Lipinski definition) is 2. The van der Waals surface area contributed by atoms with Gasteiger partial charge in [-0.2, -0.15) is 0 Å². The van der Waals surface area contributed by atoms with Crippen molar-refractivity contribution in [2.75, 3.05) is 6.54 Å². The molecule has 1 saturated carbocycles. The lowest BCUT2D eigenvalue weighted by molar-refractivity contribution is 0.110. The van der Waals surface area contributed by atoms with Crippen molar-refractivity contribution in [3.63, 3.8) is 0 Å². The van der Waals surface area contributed by atoms with Gasteiger partial charge in [-0.25, -0.2) is 9.78 Å². The van der Waals surface area contributed by atoms with Gasteiger partial charge in [0, 0.05) is 12.6 Å². The molecule has 1 aliphatic carbocycles. The summed E-state index contributed by atoms with van der Waals surface area (Å²) < 4.78 is 1.18. The molecule has 6 heteroatoms. The van der Waals surface area contributed by atoms with Crippen LogP contribution in [-0.2, 0) is 0 Å². The number of fused-ring (bicyclic) bond motifs is 1. The van der Waals surface area contributed by atoms with Gasteiger partial charge in [0.05, 0.1) is 22.4 Å². The Morgan fingerprint density at radius 2 is 1.96 bits per heavy atom. The Labute approximate surface area is 152 Å². The number of aromatic nitrogens is 1. The quantitative estimate of drug-likeness (QED) is 0.856. The number of amides is 2. The second-order valence-electron chi connectivity index (χ2n) is 7.18. The van der Waals surface area contributed by atoms with E-state index in [1.807, 2.05) is 23.1 Å². The van der Waals surface area contributed by atoms with Crippen LogP contribution in [0, 0.1) is 0 Å². The van der Waals surface area contributed by atoms with E-state index in [9.17, 15) is 9.90 Å². The van der Waals surface area contributed by atoms with Gasteiger partial charge in [0.2, 0.25) is 0 Å². The third-order valence-corrected chi connectivity index (χ3v) is 6.52. The molecule has 4 rings (SSSR count). The number of rotatable bonds is 2. The monoisotopic (exact) mass is 359 g/mol. The first-order valence-electron chi connectivity index (χ1n) is 9.31. The van der Waals surface area contributed by atoms with E-state index in [1.54, 1.807) is 11.3 Å². The van der Waals surface area contributed by atoms with Crippen LogP contribution in [-0.4, -0.2) is 39.7 Å². The van der Waals surface area contributed by atoms with Gasteiger partial charge in [-0.05, 0) is 57.1 Å². The number of carbonyl (C=O) groups excluding carboxylic acids is 1. The number of hydrogen-bond acceptors (Lipinski definition) is 4. The molecule has 2 aromatic rings. The predicted octanol–water partition coefficient (Wildman–Crippen LogP) is 3.84. The van der Waals surface area contributed by atoms with Gasteiger partial charge in [0.15, 0.2) is 0 Å². The molecule has 25 heavy (non-hydrogen) atoms. The maximum Gasteiger partial charge on any atom is 0.318 e. The van der Waals surface area contributed by atoms with Crippen molar-refractivity contribution >= 4 is 27.6 Å². The molecule has 1 aromatic heterocycles. The smallest absolute Gasteiger partial charge is 0.318 e. The molecule has 0 spiro atoms. The zero-order valence-corrected chi connectivity index (χ0v) is 15.2. The average molecular weight is 359 g/mol. The fraction of sp³-hybridized carbons (Fsp3) is 0.579. The van der Waals surface area contributed by atoms with Gasteiger partial charge < -0.3 is 15.3 Å². The van der Waals surface area contributed by atoms with Crippen LogP contribution >= 0.6 is 11.3 Å². The summed E-state index contributed by atoms with van der Waals surface area (Å²) >= 11 is 1.71. The Hall–Kier alpha value is -1.66. The summed E-state index contributed by atoms with van der Waals surface area (Å²) in [6, 6.07) is 8.48. The Morgan fingerprint density at radius 3 is 2.76 bits per heavy atom. The molecule has 0 radical (unpaired) electrons. The number of piperidine rings is 1. The van der Waals surface area contributed by atoms with E-state index in [0.29, 0.717) is 0 Å². The number of carbonyl (C=O) groups is 1. The molecule has 1 saturated heterocycles. The minimum Gasteiger partial charge on any atom is -0.393 e. The standard InChI is InChI=1S/C19H25N3O2S/c23-14-10-8-13(9-11-14)20-19(24)22-12-4-3-6-16(22)18-21-15-5-1-2-7-17(15)25-18/h1-2,5,7,13-14,16,23H,3-4,6,8-12H2,(H,20,24). The van der Waals surface area contributed by atoms with E-state index >= 15 is 0 Å². The fourth-order valence-electron chi connectivity index (χ4n) is 3.94. The van der Waals surface area contributed by atoms with Crippen LogP contribution < -0.4 is 5.32 Å². The number of aliphatic hydroxyl groups is 1. The van der Waals surface area contributed by atoms with Crippen LogP contribution in [0.25, 0.3) is 10.2 Å². The second-order valence-corrected chi connectivity index (χ2v) is 8.24. The highest BCUT2D eigenvalue weighted by Crippen LogP contribution is 2.35. The number of para-hydroxylation sites is 1. The van der Waals surface area contributed by atoms with Gasteiger partial charge >= 0.3 is 6.03 Å². The molecule has 5 nitrogen and oxygen atoms in total. The van der Waals surface area contributed by atoms with Crippen LogP contribution in [0.4, 0.5) is 4.79 Å². The molecule has 1 aliphatic heterocycles. The normalized spacial score (nSPS) is 27.4. The van der Waals surface area contributed by atoms with E-state index in [4.69, 9.17) is 4.98 Å². The average Bonchev–Trinajstić information content (AvgIpc) is 3.07. The number of aliphatic hydroxyl groups excluding tert-OH is 1. The molecular weight excluding hydrogens is 334 g/mol. The Balaban J connectivity index is 1.49. The first-order chi connectivity index (χ1) is 12.2. The third kappa shape index (κ3) is 3.65. The lowest BCUT2D eigenvalue weighted by atomic mass is 9.93. The topological polar surface area (TPSA) is 65.5 Å². The van der Waals surface area contributed by atoms with Gasteiger partial charge in [0.25, 0.3) is 0 Å². The van der Waals surface area contributed by atoms with E-state index in [1.165, 1.54) is 4.70 Å². The van der Waals surface area contributed by atoms with Crippen molar-refractivity contribution in [1.29, 1.82) is 0 Å². The minimum absolute atomic E-state index is 0.0327. The second kappa shape index (κ2) is 7.30. The maximum atomic E-state index is 12.9. The summed E-state index contributed by atoms with van der Waals surface area (Å²) in [7, 11) is 0. The van der Waals surface area contributed by atoms with Crippen LogP contribution in [0.5, 0.6) is 0 Å². The van der Waals surface area contributed by atoms with Crippen molar-refractivity contribution in [2.24, 2.45) is 0 Å². The first kappa shape index (κ1) is 16.8. The van der Waals surface area contributed by atoms with Crippen molar-refractivity contribution in [3.8, 4) is 0 Å². The van der Waals surface area contributed by atoms with E-state index < -0.39 is 0 Å². The van der Waals surface area contributed by atoms with Gasteiger partial charge in [-0.3, -0.25) is 0 Å². The molecule has 1 atom stereocenters. The summed E-state index contributed by atoms with van der Waals surface area (Å²) in [5.41, 5.74) is 1.02. The largest absolute Gasteiger partial charge is 0.393 e. The number of nitrogens with one attached hydrogen (secondary N) is 1. The molecule has 1 unspecified atom stereocenters. The Morgan fingerprint density at radius 1 is 1.16 bits per heavy atom. The van der Waals surface area contributed by atoms with E-state index in [-0.39, 0.29) is 24.2 Å². The number of thiazole rings is 1. The highest BCUT2D eigenvalue weighted by molar-refractivity contribution is 7.18. The highest BCUT2D eigenvalue weighted by atomic mass is 32.1. The van der Waals surface area contributed by atoms with Crippen LogP contribution in [0.15, 0.2) is 24.3 Å². The van der Waals surface area contributed by atoms with Crippen molar-refractivity contribution in [2.45, 2.75) is 63.1 Å². The zero-order valence-electron chi connectivity index (χ0n) is 14.4. The van der Waals surface area contributed by atoms with Crippen molar-refractivity contribution in [1.82, 2.24) is 15.2 Å². The molecule has 1 aromatic carbocycles. The summed E-state index contributed by atoms with van der Waals surface area (Å²) in [6.07, 6.45) is 6.28. The molecule has 2 aliphatic rings. The lowest BCUT2D eigenvalue weighted by Crippen LogP contribution is -2.49. The SMILES string of the molecule is O=C(NC1CCC(O)CC1)N1CCCCC1c1nc2ccccc2s1. The first-order valence-corrected chi connectivity index (χ1v) is 10.1. The lowest BCUT2D eigenvalue weighted by Gasteiger charge is -2.36. The van der Waals surface area contributed by atoms with Gasteiger partial charge in [-0.15, -0.1) is 11.3 Å². The molecule has 134 valence electrons. The van der Waals surface area contributed by atoms with Gasteiger partial charge in [-0.1, -0.05) is 12.1 Å². The Bertz CT molecular complexity index is 706. The molecule has 0 bridgehead atoms. The van der Waals surface area contributed by atoms with Crippen LogP contribution in [0.3, 0.4) is 0 Å². The van der Waals surface area contributed by atoms with Crippen molar-refractivity contribution < 1.29 is 9.90 Å². The maximum absolute atomic E-state index is 12.9. The van der Waals surface area contributed by atoms with E-state index in [0.717, 1.165) is 62.0 Å². The summed E-state index contributed by atoms with van der Waals surface area (Å²) in [6.45, 7) is 0.793. The number of nitrogens with zero attached hydrogens (tertiary/aromatic N) is 2. The fourth-order valence-corrected chi connectivity index (χ4v) is 5.06. The third-order valence-electron chi connectivity index (χ3n) is 5.38. The summed E-state index contributed by atoms with van der Waals surface area (Å²) in [5.74, 6) is 0. The Kier molecular flexibility index (Phi) is 4.90. The predicted molar refractivity (Wildman–Crippen MR) is 99.7 cm³/mol. The molecule has 2 heterocycles. The van der Waals surface area contributed by atoms with E-state index in [2.05, 4.69) is 11.4 Å².